The molecule has 0 aliphatic carbocycles. The van der Waals surface area contributed by atoms with Crippen molar-refractivity contribution in [2.24, 2.45) is 0 Å². The van der Waals surface area contributed by atoms with Crippen molar-refractivity contribution >= 4 is 5.91 Å². The summed E-state index contributed by atoms with van der Waals surface area (Å²) < 4.78 is 7.18. The first-order valence-electron chi connectivity index (χ1n) is 11.0. The Morgan fingerprint density at radius 3 is 2.90 bits per heavy atom. The molecule has 4 heterocycles. The van der Waals surface area contributed by atoms with E-state index in [1.165, 1.54) is 6.42 Å². The Labute approximate surface area is 177 Å². The highest BCUT2D eigenvalue weighted by molar-refractivity contribution is 5.76. The zero-order chi connectivity index (χ0) is 20.6. The third-order valence-corrected chi connectivity index (χ3v) is 6.02. The van der Waals surface area contributed by atoms with Gasteiger partial charge in [-0.05, 0) is 54.7 Å². The molecule has 2 fully saturated rings. The first-order valence-corrected chi connectivity index (χ1v) is 11.0. The number of piperidine rings is 1. The van der Waals surface area contributed by atoms with Gasteiger partial charge in [0.15, 0.2) is 5.82 Å². The van der Waals surface area contributed by atoms with Crippen LogP contribution in [0.5, 0.6) is 0 Å². The van der Waals surface area contributed by atoms with Crippen molar-refractivity contribution in [2.45, 2.75) is 57.7 Å². The van der Waals surface area contributed by atoms with E-state index in [2.05, 4.69) is 36.4 Å². The maximum atomic E-state index is 13.0. The van der Waals surface area contributed by atoms with Gasteiger partial charge in [-0.25, -0.2) is 4.68 Å². The van der Waals surface area contributed by atoms with Crippen LogP contribution in [0.4, 0.5) is 0 Å². The lowest BCUT2D eigenvalue weighted by molar-refractivity contribution is -0.135. The van der Waals surface area contributed by atoms with Crippen LogP contribution in [0.3, 0.4) is 0 Å². The van der Waals surface area contributed by atoms with E-state index in [0.717, 1.165) is 70.0 Å². The van der Waals surface area contributed by atoms with Gasteiger partial charge in [0.25, 0.3) is 0 Å². The quantitative estimate of drug-likeness (QED) is 0.644. The van der Waals surface area contributed by atoms with E-state index in [-0.39, 0.29) is 5.91 Å². The molecule has 4 rings (SSSR count). The monoisotopic (exact) mass is 413 g/mol. The number of hydrogen-bond acceptors (Lipinski definition) is 7. The van der Waals surface area contributed by atoms with Crippen LogP contribution in [0.1, 0.15) is 43.6 Å². The van der Waals surface area contributed by atoms with Crippen molar-refractivity contribution in [1.29, 1.82) is 0 Å². The normalized spacial score (nSPS) is 20.4. The number of aromatic nitrogens is 5. The van der Waals surface area contributed by atoms with E-state index in [9.17, 15) is 4.79 Å². The van der Waals surface area contributed by atoms with Gasteiger partial charge in [-0.2, -0.15) is 0 Å². The highest BCUT2D eigenvalue weighted by Crippen LogP contribution is 2.22. The van der Waals surface area contributed by atoms with Crippen LogP contribution in [0, 0.1) is 0 Å². The largest absolute Gasteiger partial charge is 0.379 e. The van der Waals surface area contributed by atoms with E-state index < -0.39 is 0 Å². The molecular weight excluding hydrogens is 382 g/mol. The fraction of sp³-hybridized carbons (Fsp3) is 0.667. The summed E-state index contributed by atoms with van der Waals surface area (Å²) in [5.74, 6) is 1.02. The van der Waals surface area contributed by atoms with E-state index in [1.54, 1.807) is 4.68 Å². The summed E-state index contributed by atoms with van der Waals surface area (Å²) in [5.41, 5.74) is 1.09. The molecule has 2 aliphatic rings. The Morgan fingerprint density at radius 2 is 2.07 bits per heavy atom. The number of morpholine rings is 1. The minimum atomic E-state index is 0.202. The Balaban J connectivity index is 1.29. The molecule has 2 aromatic heterocycles. The number of likely N-dealkylation sites (tertiary alicyclic amines) is 1. The number of pyridine rings is 1. The molecule has 0 radical (unpaired) electrons. The Kier molecular flexibility index (Phi) is 7.36. The average molecular weight is 414 g/mol. The molecule has 9 nitrogen and oxygen atoms in total. The van der Waals surface area contributed by atoms with Crippen molar-refractivity contribution in [3.63, 3.8) is 0 Å². The van der Waals surface area contributed by atoms with E-state index in [0.29, 0.717) is 25.6 Å². The number of tetrazole rings is 1. The third kappa shape index (κ3) is 5.60. The molecule has 0 aromatic carbocycles. The first-order chi connectivity index (χ1) is 14.8. The summed E-state index contributed by atoms with van der Waals surface area (Å²) in [6, 6.07) is 6.32. The summed E-state index contributed by atoms with van der Waals surface area (Å²) in [6.45, 7) is 5.33. The SMILES string of the molecule is O=C(CCn1nnnc1CN1CCOCC1)N1CCCC[C@@H]1CCc1ccccn1. The van der Waals surface area contributed by atoms with Crippen molar-refractivity contribution in [1.82, 2.24) is 35.0 Å². The second-order valence-electron chi connectivity index (χ2n) is 8.05. The second-order valence-corrected chi connectivity index (χ2v) is 8.05. The summed E-state index contributed by atoms with van der Waals surface area (Å²) in [7, 11) is 0. The molecule has 0 saturated carbocycles. The van der Waals surface area contributed by atoms with E-state index in [1.807, 2.05) is 18.3 Å². The van der Waals surface area contributed by atoms with Gasteiger partial charge in [-0.3, -0.25) is 14.7 Å². The molecule has 162 valence electrons. The molecular formula is C21H31N7O2. The lowest BCUT2D eigenvalue weighted by Gasteiger charge is -2.36. The Hall–Kier alpha value is -2.39. The number of hydrogen-bond donors (Lipinski definition) is 0. The molecule has 0 N–H and O–H groups in total. The number of carbonyl (C=O) groups is 1. The van der Waals surface area contributed by atoms with Crippen LogP contribution in [-0.4, -0.2) is 79.8 Å². The van der Waals surface area contributed by atoms with Gasteiger partial charge in [-0.1, -0.05) is 6.07 Å². The molecule has 30 heavy (non-hydrogen) atoms. The fourth-order valence-corrected chi connectivity index (χ4v) is 4.30. The Bertz CT molecular complexity index is 792. The predicted octanol–water partition coefficient (Wildman–Crippen LogP) is 1.30. The maximum Gasteiger partial charge on any atom is 0.224 e. The van der Waals surface area contributed by atoms with Crippen LogP contribution in [0.25, 0.3) is 0 Å². The molecule has 2 saturated heterocycles. The first kappa shape index (κ1) is 20.9. The van der Waals surface area contributed by atoms with Gasteiger partial charge in [0, 0.05) is 44.0 Å². The van der Waals surface area contributed by atoms with Crippen LogP contribution in [-0.2, 0) is 29.0 Å². The van der Waals surface area contributed by atoms with Crippen molar-refractivity contribution in [3.05, 3.63) is 35.9 Å². The van der Waals surface area contributed by atoms with Crippen LogP contribution in [0.2, 0.25) is 0 Å². The highest BCUT2D eigenvalue weighted by Gasteiger charge is 2.26. The second kappa shape index (κ2) is 10.6. The summed E-state index contributed by atoms with van der Waals surface area (Å²) in [6.07, 6.45) is 7.49. The smallest absolute Gasteiger partial charge is 0.224 e. The standard InChI is InChI=1S/C21H31N7O2/c29-21(9-12-28-20(23-24-25-28)17-26-13-15-30-16-14-26)27-11-4-2-6-19(27)8-7-18-5-1-3-10-22-18/h1,3,5,10,19H,2,4,6-9,11-17H2/t19-/m1/s1. The zero-order valence-corrected chi connectivity index (χ0v) is 17.5. The minimum Gasteiger partial charge on any atom is -0.379 e. The molecule has 2 aromatic rings. The van der Waals surface area contributed by atoms with Crippen LogP contribution < -0.4 is 0 Å². The number of rotatable bonds is 8. The molecule has 0 bridgehead atoms. The number of ether oxygens (including phenoxy) is 1. The summed E-state index contributed by atoms with van der Waals surface area (Å²) in [5, 5.41) is 12.1. The molecule has 9 heteroatoms. The third-order valence-electron chi connectivity index (χ3n) is 6.02. The molecule has 0 unspecified atom stereocenters. The maximum absolute atomic E-state index is 13.0. The highest BCUT2D eigenvalue weighted by atomic mass is 16.5. The molecule has 1 atom stereocenters. The topological polar surface area (TPSA) is 89.3 Å². The van der Waals surface area contributed by atoms with Crippen molar-refractivity contribution in [2.75, 3.05) is 32.8 Å². The molecule has 0 spiro atoms. The Morgan fingerprint density at radius 1 is 1.17 bits per heavy atom. The average Bonchev–Trinajstić information content (AvgIpc) is 3.24. The lowest BCUT2D eigenvalue weighted by atomic mass is 9.96. The fourth-order valence-electron chi connectivity index (χ4n) is 4.30. The van der Waals surface area contributed by atoms with Gasteiger partial charge >= 0.3 is 0 Å². The number of nitrogens with zero attached hydrogens (tertiary/aromatic N) is 7. The zero-order valence-electron chi connectivity index (χ0n) is 17.5. The van der Waals surface area contributed by atoms with E-state index >= 15 is 0 Å². The van der Waals surface area contributed by atoms with Gasteiger partial charge in [0.05, 0.1) is 26.3 Å². The predicted molar refractivity (Wildman–Crippen MR) is 110 cm³/mol. The van der Waals surface area contributed by atoms with Gasteiger partial charge < -0.3 is 9.64 Å². The van der Waals surface area contributed by atoms with Crippen LogP contribution in [0.15, 0.2) is 24.4 Å². The van der Waals surface area contributed by atoms with Crippen molar-refractivity contribution in [3.8, 4) is 0 Å². The van der Waals surface area contributed by atoms with Crippen LogP contribution >= 0.6 is 0 Å². The summed E-state index contributed by atoms with van der Waals surface area (Å²) >= 11 is 0. The van der Waals surface area contributed by atoms with Gasteiger partial charge in [0.1, 0.15) is 0 Å². The lowest BCUT2D eigenvalue weighted by Crippen LogP contribution is -2.44. The van der Waals surface area contributed by atoms with Crippen molar-refractivity contribution < 1.29 is 9.53 Å². The molecule has 2 aliphatic heterocycles. The van der Waals surface area contributed by atoms with Gasteiger partial charge in [-0.15, -0.1) is 5.10 Å². The minimum absolute atomic E-state index is 0.202. The summed E-state index contributed by atoms with van der Waals surface area (Å²) in [4.78, 5) is 21.8. The number of aryl methyl sites for hydroxylation is 2. The van der Waals surface area contributed by atoms with E-state index in [4.69, 9.17) is 4.74 Å². The number of amides is 1. The number of carbonyl (C=O) groups excluding carboxylic acids is 1. The van der Waals surface area contributed by atoms with Gasteiger partial charge in [0.2, 0.25) is 5.91 Å². The molecule has 1 amide bonds.